The summed E-state index contributed by atoms with van der Waals surface area (Å²) in [6, 6.07) is 0. The third-order valence-corrected chi connectivity index (χ3v) is 5.66. The van der Waals surface area contributed by atoms with Gasteiger partial charge in [0.2, 0.25) is 0 Å². The molecule has 0 aromatic carbocycles. The van der Waals surface area contributed by atoms with Gasteiger partial charge in [0, 0.05) is 0 Å². The molecule has 0 aromatic rings. The highest BCUT2D eigenvalue weighted by atomic mass is 16.5. The minimum absolute atomic E-state index is 0.144. The van der Waals surface area contributed by atoms with E-state index in [-0.39, 0.29) is 13.0 Å². The molecule has 0 heterocycles. The van der Waals surface area contributed by atoms with Gasteiger partial charge < -0.3 is 9.84 Å². The molecule has 0 saturated heterocycles. The number of aliphatic carboxylic acids is 1. The molecule has 0 amide bonds. The van der Waals surface area contributed by atoms with Crippen molar-refractivity contribution < 1.29 is 19.4 Å². The van der Waals surface area contributed by atoms with Gasteiger partial charge >= 0.3 is 11.9 Å². The van der Waals surface area contributed by atoms with Crippen LogP contribution in [0.25, 0.3) is 0 Å². The molecule has 0 spiro atoms. The van der Waals surface area contributed by atoms with Crippen LogP contribution in [0.15, 0.2) is 24.8 Å². The maximum atomic E-state index is 11.9. The number of ether oxygens (including phenoxy) is 1. The lowest BCUT2D eigenvalue weighted by atomic mass is 9.97. The quantitative estimate of drug-likeness (QED) is 0.100. The first-order valence-corrected chi connectivity index (χ1v) is 12.8. The molecule has 0 aliphatic heterocycles. The molecule has 1 atom stereocenters. The molecule has 0 aromatic heterocycles. The second-order valence-corrected chi connectivity index (χ2v) is 8.65. The summed E-state index contributed by atoms with van der Waals surface area (Å²) in [6.45, 7) is 5.89. The number of allylic oxidation sites excluding steroid dienone is 2. The third-order valence-electron chi connectivity index (χ3n) is 5.66. The number of carbonyl (C=O) groups is 2. The molecule has 0 rings (SSSR count). The van der Waals surface area contributed by atoms with Gasteiger partial charge in [-0.1, -0.05) is 115 Å². The van der Waals surface area contributed by atoms with Crippen molar-refractivity contribution >= 4 is 11.9 Å². The van der Waals surface area contributed by atoms with Crippen LogP contribution in [0.2, 0.25) is 0 Å². The van der Waals surface area contributed by atoms with Gasteiger partial charge in [-0.2, -0.15) is 0 Å². The van der Waals surface area contributed by atoms with Crippen molar-refractivity contribution in [3.63, 3.8) is 0 Å². The summed E-state index contributed by atoms with van der Waals surface area (Å²) in [5.41, 5.74) is 0. The Morgan fingerprint density at radius 2 is 1.29 bits per heavy atom. The zero-order chi connectivity index (χ0) is 23.0. The predicted octanol–water partition coefficient (Wildman–Crippen LogP) is 8.01. The van der Waals surface area contributed by atoms with Gasteiger partial charge in [0.15, 0.2) is 0 Å². The Balaban J connectivity index is 3.48. The van der Waals surface area contributed by atoms with E-state index in [9.17, 15) is 9.59 Å². The van der Waals surface area contributed by atoms with E-state index < -0.39 is 17.9 Å². The van der Waals surface area contributed by atoms with E-state index >= 15 is 0 Å². The van der Waals surface area contributed by atoms with Crippen LogP contribution in [0.1, 0.15) is 122 Å². The molecule has 0 aliphatic carbocycles. The van der Waals surface area contributed by atoms with Gasteiger partial charge in [0.05, 0.1) is 12.3 Å². The zero-order valence-electron chi connectivity index (χ0n) is 20.1. The standard InChI is InChI=1S/C27H48O4/c1-3-5-6-7-8-9-10-11-12-13-14-15-16-17-18-19-20-21-22-25(24-26(28)29)27(30)31-23-4-2/h4,7-8,25H,2-3,5-6,9-24H2,1H3,(H,28,29)/b8-7+. The minimum Gasteiger partial charge on any atom is -0.481 e. The number of hydrogen-bond donors (Lipinski definition) is 1. The van der Waals surface area contributed by atoms with E-state index in [0.29, 0.717) is 6.42 Å². The van der Waals surface area contributed by atoms with Crippen molar-refractivity contribution in [3.05, 3.63) is 24.8 Å². The molecule has 4 nitrogen and oxygen atoms in total. The van der Waals surface area contributed by atoms with Crippen LogP contribution in [-0.4, -0.2) is 23.7 Å². The van der Waals surface area contributed by atoms with E-state index in [1.807, 2.05) is 0 Å². The molecule has 180 valence electrons. The van der Waals surface area contributed by atoms with E-state index in [4.69, 9.17) is 9.84 Å². The van der Waals surface area contributed by atoms with E-state index in [1.54, 1.807) is 0 Å². The van der Waals surface area contributed by atoms with Crippen LogP contribution in [0.5, 0.6) is 0 Å². The second kappa shape index (κ2) is 23.1. The van der Waals surface area contributed by atoms with Crippen LogP contribution in [0.3, 0.4) is 0 Å². The largest absolute Gasteiger partial charge is 0.481 e. The van der Waals surface area contributed by atoms with Crippen molar-refractivity contribution in [2.24, 2.45) is 5.92 Å². The number of rotatable bonds is 23. The van der Waals surface area contributed by atoms with Gasteiger partial charge in [0.1, 0.15) is 6.61 Å². The molecule has 0 aliphatic rings. The van der Waals surface area contributed by atoms with Crippen LogP contribution >= 0.6 is 0 Å². The van der Waals surface area contributed by atoms with E-state index in [2.05, 4.69) is 25.7 Å². The topological polar surface area (TPSA) is 63.6 Å². The maximum Gasteiger partial charge on any atom is 0.309 e. The average Bonchev–Trinajstić information content (AvgIpc) is 2.75. The second-order valence-electron chi connectivity index (χ2n) is 8.65. The van der Waals surface area contributed by atoms with Crippen LogP contribution in [0.4, 0.5) is 0 Å². The lowest BCUT2D eigenvalue weighted by Crippen LogP contribution is -2.21. The Kier molecular flexibility index (Phi) is 21.9. The molecule has 0 radical (unpaired) electrons. The molecule has 0 bridgehead atoms. The summed E-state index contributed by atoms with van der Waals surface area (Å²) in [6.07, 6.45) is 26.8. The monoisotopic (exact) mass is 436 g/mol. The van der Waals surface area contributed by atoms with Crippen LogP contribution in [0, 0.1) is 5.92 Å². The fraction of sp³-hybridized carbons (Fsp3) is 0.778. The summed E-state index contributed by atoms with van der Waals surface area (Å²) >= 11 is 0. The maximum absolute atomic E-state index is 11.9. The smallest absolute Gasteiger partial charge is 0.309 e. The van der Waals surface area contributed by atoms with Crippen LogP contribution < -0.4 is 0 Å². The van der Waals surface area contributed by atoms with E-state index in [1.165, 1.54) is 89.5 Å². The van der Waals surface area contributed by atoms with E-state index in [0.717, 1.165) is 19.3 Å². The molecule has 0 fully saturated rings. The minimum atomic E-state index is -0.945. The summed E-state index contributed by atoms with van der Waals surface area (Å²) in [5, 5.41) is 8.98. The van der Waals surface area contributed by atoms with Crippen molar-refractivity contribution in [2.45, 2.75) is 122 Å². The summed E-state index contributed by atoms with van der Waals surface area (Å²) in [7, 11) is 0. The number of hydrogen-bond acceptors (Lipinski definition) is 3. The highest BCUT2D eigenvalue weighted by Crippen LogP contribution is 2.18. The molecule has 4 heteroatoms. The fourth-order valence-corrected chi connectivity index (χ4v) is 3.75. The first-order chi connectivity index (χ1) is 15.1. The van der Waals surface area contributed by atoms with Gasteiger partial charge in [-0.15, -0.1) is 0 Å². The summed E-state index contributed by atoms with van der Waals surface area (Å²) in [5.74, 6) is -1.89. The fourth-order valence-electron chi connectivity index (χ4n) is 3.75. The van der Waals surface area contributed by atoms with Crippen molar-refractivity contribution in [1.82, 2.24) is 0 Å². The van der Waals surface area contributed by atoms with Gasteiger partial charge in [-0.05, 0) is 25.7 Å². The lowest BCUT2D eigenvalue weighted by Gasteiger charge is -2.13. The summed E-state index contributed by atoms with van der Waals surface area (Å²) < 4.78 is 5.02. The Morgan fingerprint density at radius 1 is 0.806 bits per heavy atom. The van der Waals surface area contributed by atoms with Crippen molar-refractivity contribution in [1.29, 1.82) is 0 Å². The number of carboxylic acids is 1. The highest BCUT2D eigenvalue weighted by molar-refractivity contribution is 5.79. The molecular weight excluding hydrogens is 388 g/mol. The Morgan fingerprint density at radius 3 is 1.77 bits per heavy atom. The number of esters is 1. The molecule has 0 saturated carbocycles. The summed E-state index contributed by atoms with van der Waals surface area (Å²) in [4.78, 5) is 22.9. The number of unbranched alkanes of at least 4 members (excludes halogenated alkanes) is 14. The van der Waals surface area contributed by atoms with Gasteiger partial charge in [-0.3, -0.25) is 9.59 Å². The lowest BCUT2D eigenvalue weighted by molar-refractivity contribution is -0.152. The zero-order valence-corrected chi connectivity index (χ0v) is 20.1. The first kappa shape index (κ1) is 29.4. The molecule has 1 N–H and O–H groups in total. The number of carbonyl (C=O) groups excluding carboxylic acids is 1. The van der Waals surface area contributed by atoms with Gasteiger partial charge in [0.25, 0.3) is 0 Å². The number of carboxylic acid groups (broad SMARTS) is 1. The highest BCUT2D eigenvalue weighted by Gasteiger charge is 2.22. The Labute approximate surface area is 191 Å². The first-order valence-electron chi connectivity index (χ1n) is 12.8. The Hall–Kier alpha value is -1.58. The van der Waals surface area contributed by atoms with Crippen molar-refractivity contribution in [2.75, 3.05) is 6.61 Å². The van der Waals surface area contributed by atoms with Gasteiger partial charge in [-0.25, -0.2) is 0 Å². The third kappa shape index (κ3) is 21.4. The average molecular weight is 437 g/mol. The predicted molar refractivity (Wildman–Crippen MR) is 130 cm³/mol. The SMILES string of the molecule is C=CCOC(=O)C(CCCCCCCCCCCCCC/C=C/CCCC)CC(=O)O. The molecule has 1 unspecified atom stereocenters. The van der Waals surface area contributed by atoms with Crippen molar-refractivity contribution in [3.8, 4) is 0 Å². The Bertz CT molecular complexity index is 470. The molecular formula is C27H48O4. The van der Waals surface area contributed by atoms with Crippen LogP contribution in [-0.2, 0) is 14.3 Å². The molecule has 31 heavy (non-hydrogen) atoms. The normalized spacial score (nSPS) is 12.2.